The summed E-state index contributed by atoms with van der Waals surface area (Å²) in [6.45, 7) is 3.68. The quantitative estimate of drug-likeness (QED) is 0.438. The van der Waals surface area contributed by atoms with Crippen LogP contribution in [0.5, 0.6) is 5.75 Å². The third-order valence-electron chi connectivity index (χ3n) is 7.96. The Morgan fingerprint density at radius 2 is 1.55 bits per heavy atom. The van der Waals surface area contributed by atoms with Crippen LogP contribution in [0, 0.1) is 23.2 Å². The molecule has 4 aliphatic carbocycles. The van der Waals surface area contributed by atoms with Gasteiger partial charge >= 0.3 is 0 Å². The second-order valence-corrected chi connectivity index (χ2v) is 10.8. The van der Waals surface area contributed by atoms with Crippen molar-refractivity contribution in [1.29, 1.82) is 0 Å². The molecule has 4 fully saturated rings. The highest BCUT2D eigenvalue weighted by molar-refractivity contribution is 6.35. The molecule has 2 nitrogen and oxygen atoms in total. The summed E-state index contributed by atoms with van der Waals surface area (Å²) in [5.74, 6) is 3.84. The molecule has 2 aromatic carbocycles. The lowest BCUT2D eigenvalue weighted by Crippen LogP contribution is -2.54. The van der Waals surface area contributed by atoms with Gasteiger partial charge in [-0.1, -0.05) is 41.4 Å². The molecule has 1 unspecified atom stereocenters. The molecule has 0 aliphatic heterocycles. The summed E-state index contributed by atoms with van der Waals surface area (Å²) in [5.41, 5.74) is 2.62. The van der Waals surface area contributed by atoms with Gasteiger partial charge in [0.25, 0.3) is 0 Å². The van der Waals surface area contributed by atoms with Gasteiger partial charge in [-0.15, -0.1) is 12.4 Å². The van der Waals surface area contributed by atoms with Crippen LogP contribution in [0.1, 0.15) is 56.6 Å². The molecule has 5 heteroatoms. The van der Waals surface area contributed by atoms with Crippen LogP contribution in [0.2, 0.25) is 10.0 Å². The Morgan fingerprint density at radius 3 is 2.16 bits per heavy atom. The molecule has 0 saturated heterocycles. The highest BCUT2D eigenvalue weighted by atomic mass is 35.5. The molecule has 1 N–H and O–H groups in total. The highest BCUT2D eigenvalue weighted by Crippen LogP contribution is 2.61. The zero-order valence-corrected chi connectivity index (χ0v) is 20.4. The molecular weight excluding hydrogens is 449 g/mol. The van der Waals surface area contributed by atoms with Gasteiger partial charge < -0.3 is 10.1 Å². The van der Waals surface area contributed by atoms with E-state index in [0.717, 1.165) is 35.6 Å². The second kappa shape index (κ2) is 9.51. The fraction of sp³-hybridized carbons (Fsp3) is 0.538. The molecule has 4 bridgehead atoms. The smallest absolute Gasteiger partial charge is 0.120 e. The molecule has 31 heavy (non-hydrogen) atoms. The van der Waals surface area contributed by atoms with Gasteiger partial charge in [-0.2, -0.15) is 0 Å². The Bertz CT molecular complexity index is 860. The van der Waals surface area contributed by atoms with Gasteiger partial charge in [0.2, 0.25) is 0 Å². The fourth-order valence-electron chi connectivity index (χ4n) is 6.77. The van der Waals surface area contributed by atoms with Crippen LogP contribution in [0.15, 0.2) is 42.5 Å². The molecule has 1 atom stereocenters. The highest BCUT2D eigenvalue weighted by Gasteiger charge is 2.52. The standard InChI is InChI=1S/C26H31Cl2NO.ClH/c1-17(26-12-19-8-20(13-26)10-21(9-19)14-26)29-15-18-4-2-5-22(11-18)30-16-23-24(27)6-3-7-25(23)28;/h2-7,11,17,19-21,29H,8-10,12-16H2,1H3;1H. The normalized spacial score (nSPS) is 29.5. The minimum absolute atomic E-state index is 0. The maximum Gasteiger partial charge on any atom is 0.120 e. The van der Waals surface area contributed by atoms with E-state index in [4.69, 9.17) is 27.9 Å². The van der Waals surface area contributed by atoms with Gasteiger partial charge in [0.1, 0.15) is 12.4 Å². The topological polar surface area (TPSA) is 21.3 Å². The number of rotatable bonds is 7. The minimum atomic E-state index is 0. The molecule has 168 valence electrons. The summed E-state index contributed by atoms with van der Waals surface area (Å²) in [6.07, 6.45) is 8.82. The maximum absolute atomic E-state index is 6.27. The van der Waals surface area contributed by atoms with Crippen LogP contribution in [0.3, 0.4) is 0 Å². The number of benzene rings is 2. The summed E-state index contributed by atoms with van der Waals surface area (Å²) in [4.78, 5) is 0. The number of nitrogens with one attached hydrogen (secondary N) is 1. The first-order valence-corrected chi connectivity index (χ1v) is 12.1. The van der Waals surface area contributed by atoms with Gasteiger partial charge in [-0.25, -0.2) is 0 Å². The lowest BCUT2D eigenvalue weighted by Gasteiger charge is -2.59. The van der Waals surface area contributed by atoms with Crippen LogP contribution >= 0.6 is 35.6 Å². The van der Waals surface area contributed by atoms with Crippen molar-refractivity contribution in [3.05, 3.63) is 63.6 Å². The molecule has 0 radical (unpaired) electrons. The van der Waals surface area contributed by atoms with Crippen LogP contribution in [-0.4, -0.2) is 6.04 Å². The van der Waals surface area contributed by atoms with E-state index in [1.807, 2.05) is 24.3 Å². The molecule has 0 amide bonds. The molecule has 0 heterocycles. The minimum Gasteiger partial charge on any atom is -0.489 e. The average molecular weight is 481 g/mol. The summed E-state index contributed by atoms with van der Waals surface area (Å²) < 4.78 is 6.00. The van der Waals surface area contributed by atoms with Crippen molar-refractivity contribution in [2.45, 2.75) is 64.6 Å². The molecule has 0 spiro atoms. The molecule has 2 aromatic rings. The van der Waals surface area contributed by atoms with Crippen LogP contribution < -0.4 is 10.1 Å². The Labute approximate surface area is 202 Å². The van der Waals surface area contributed by atoms with Gasteiger partial charge in [-0.3, -0.25) is 0 Å². The summed E-state index contributed by atoms with van der Waals surface area (Å²) in [6, 6.07) is 14.5. The van der Waals surface area contributed by atoms with Crippen molar-refractivity contribution in [2.24, 2.45) is 23.2 Å². The summed E-state index contributed by atoms with van der Waals surface area (Å²) >= 11 is 12.5. The first kappa shape index (κ1) is 23.2. The molecule has 4 aliphatic rings. The lowest BCUT2D eigenvalue weighted by atomic mass is 9.48. The Kier molecular flexibility index (Phi) is 7.13. The molecule has 0 aromatic heterocycles. The Balaban J connectivity index is 0.00000231. The van der Waals surface area contributed by atoms with Crippen molar-refractivity contribution in [1.82, 2.24) is 5.32 Å². The summed E-state index contributed by atoms with van der Waals surface area (Å²) in [7, 11) is 0. The van der Waals surface area contributed by atoms with Crippen molar-refractivity contribution < 1.29 is 4.74 Å². The predicted molar refractivity (Wildman–Crippen MR) is 131 cm³/mol. The lowest BCUT2D eigenvalue weighted by molar-refractivity contribution is -0.0706. The number of hydrogen-bond donors (Lipinski definition) is 1. The van der Waals surface area contributed by atoms with Crippen molar-refractivity contribution in [3.63, 3.8) is 0 Å². The Hall–Kier alpha value is -0.930. The van der Waals surface area contributed by atoms with Crippen LogP contribution in [0.4, 0.5) is 0 Å². The van der Waals surface area contributed by atoms with E-state index in [2.05, 4.69) is 30.4 Å². The van der Waals surface area contributed by atoms with E-state index in [9.17, 15) is 0 Å². The van der Waals surface area contributed by atoms with E-state index < -0.39 is 0 Å². The van der Waals surface area contributed by atoms with Crippen molar-refractivity contribution in [3.8, 4) is 5.75 Å². The van der Waals surface area contributed by atoms with E-state index in [1.165, 1.54) is 44.1 Å². The van der Waals surface area contributed by atoms with Gasteiger partial charge in [-0.05, 0) is 98.4 Å². The zero-order valence-electron chi connectivity index (χ0n) is 18.1. The van der Waals surface area contributed by atoms with Crippen LogP contribution in [-0.2, 0) is 13.2 Å². The van der Waals surface area contributed by atoms with Gasteiger partial charge in [0, 0.05) is 28.2 Å². The van der Waals surface area contributed by atoms with E-state index in [0.29, 0.717) is 28.1 Å². The van der Waals surface area contributed by atoms with E-state index in [-0.39, 0.29) is 12.4 Å². The van der Waals surface area contributed by atoms with Crippen molar-refractivity contribution >= 4 is 35.6 Å². The second-order valence-electron chi connectivity index (χ2n) is 10.0. The van der Waals surface area contributed by atoms with E-state index >= 15 is 0 Å². The SMILES string of the molecule is CC(NCc1cccc(OCc2c(Cl)cccc2Cl)c1)C12CC3CC(CC(C3)C1)C2.Cl. The third-order valence-corrected chi connectivity index (χ3v) is 8.67. The molecule has 6 rings (SSSR count). The maximum atomic E-state index is 6.27. The Morgan fingerprint density at radius 1 is 0.968 bits per heavy atom. The third kappa shape index (κ3) is 4.88. The fourth-order valence-corrected chi connectivity index (χ4v) is 7.27. The first-order valence-electron chi connectivity index (χ1n) is 11.4. The van der Waals surface area contributed by atoms with Crippen LogP contribution in [0.25, 0.3) is 0 Å². The number of halogens is 3. The number of ether oxygens (including phenoxy) is 1. The summed E-state index contributed by atoms with van der Waals surface area (Å²) in [5, 5.41) is 5.16. The predicted octanol–water partition coefficient (Wildman–Crippen LogP) is 7.69. The van der Waals surface area contributed by atoms with Gasteiger partial charge in [0.15, 0.2) is 0 Å². The molecule has 4 saturated carbocycles. The first-order chi connectivity index (χ1) is 14.5. The zero-order chi connectivity index (χ0) is 20.7. The monoisotopic (exact) mass is 479 g/mol. The molecular formula is C26H32Cl3NO. The average Bonchev–Trinajstić information content (AvgIpc) is 2.71. The number of hydrogen-bond acceptors (Lipinski definition) is 2. The van der Waals surface area contributed by atoms with Gasteiger partial charge in [0.05, 0.1) is 0 Å². The van der Waals surface area contributed by atoms with E-state index in [1.54, 1.807) is 0 Å². The largest absolute Gasteiger partial charge is 0.489 e. The van der Waals surface area contributed by atoms with Crippen molar-refractivity contribution in [2.75, 3.05) is 0 Å².